The molecule has 19 heavy (non-hydrogen) atoms. The summed E-state index contributed by atoms with van der Waals surface area (Å²) >= 11 is 0. The minimum absolute atomic E-state index is 0.148. The number of nitrogens with zero attached hydrogens (tertiary/aromatic N) is 3. The van der Waals surface area contributed by atoms with E-state index in [-0.39, 0.29) is 5.82 Å². The number of hydrazone groups is 1. The molecule has 102 valence electrons. The molecule has 0 spiro atoms. The first-order chi connectivity index (χ1) is 9.00. The molecule has 1 aromatic carbocycles. The van der Waals surface area contributed by atoms with Gasteiger partial charge in [0.1, 0.15) is 5.82 Å². The maximum Gasteiger partial charge on any atom is 0.273 e. The monoisotopic (exact) mass is 262 g/mol. The number of hydrogen-bond acceptors (Lipinski definition) is 5. The summed E-state index contributed by atoms with van der Waals surface area (Å²) in [4.78, 5) is 11.2. The molecule has 1 rings (SSSR count). The Hall–Kier alpha value is -2.34. The maximum absolute atomic E-state index is 11.2. The van der Waals surface area contributed by atoms with E-state index in [2.05, 4.69) is 5.10 Å². The van der Waals surface area contributed by atoms with E-state index < -0.39 is 5.91 Å². The molecule has 1 amide bonds. The van der Waals surface area contributed by atoms with Gasteiger partial charge < -0.3 is 5.73 Å². The largest absolute Gasteiger partial charge is 0.384 e. The average molecular weight is 262 g/mol. The van der Waals surface area contributed by atoms with Crippen LogP contribution in [0.15, 0.2) is 47.3 Å². The molecule has 6 heteroatoms. The van der Waals surface area contributed by atoms with Gasteiger partial charge in [0, 0.05) is 32.8 Å². The molecule has 0 aliphatic carbocycles. The van der Waals surface area contributed by atoms with Crippen LogP contribution < -0.4 is 5.73 Å². The molecule has 0 bridgehead atoms. The van der Waals surface area contributed by atoms with Crippen molar-refractivity contribution in [2.75, 3.05) is 14.1 Å². The van der Waals surface area contributed by atoms with Gasteiger partial charge in [0.2, 0.25) is 0 Å². The Labute approximate surface area is 112 Å². The zero-order chi connectivity index (χ0) is 14.3. The second kappa shape index (κ2) is 7.17. The molecule has 0 radical (unpaired) electrons. The van der Waals surface area contributed by atoms with E-state index in [1.54, 1.807) is 13.3 Å². The zero-order valence-electron chi connectivity index (χ0n) is 11.0. The van der Waals surface area contributed by atoms with Gasteiger partial charge in [-0.1, -0.05) is 30.3 Å². The summed E-state index contributed by atoms with van der Waals surface area (Å²) in [5.74, 6) is -0.460. The second-order valence-electron chi connectivity index (χ2n) is 3.94. The van der Waals surface area contributed by atoms with Crippen LogP contribution >= 0.6 is 0 Å². The molecule has 0 fully saturated rings. The number of nitrogens with two attached hydrogens (primary N) is 1. The summed E-state index contributed by atoms with van der Waals surface area (Å²) in [7, 11) is 2.85. The molecular formula is C13H18N4O2. The summed E-state index contributed by atoms with van der Waals surface area (Å²) < 4.78 is 0. The van der Waals surface area contributed by atoms with Gasteiger partial charge in [-0.25, -0.2) is 5.06 Å². The molecular weight excluding hydrogens is 244 g/mol. The molecule has 0 aromatic heterocycles. The molecule has 3 N–H and O–H groups in total. The molecule has 0 heterocycles. The average Bonchev–Trinajstić information content (AvgIpc) is 2.39. The first-order valence-electron chi connectivity index (χ1n) is 5.74. The van der Waals surface area contributed by atoms with Crippen LogP contribution in [0, 0.1) is 0 Å². The number of rotatable bonds is 5. The molecule has 0 unspecified atom stereocenters. The Balaban J connectivity index is 2.54. The van der Waals surface area contributed by atoms with Gasteiger partial charge >= 0.3 is 0 Å². The van der Waals surface area contributed by atoms with Gasteiger partial charge in [-0.2, -0.15) is 5.10 Å². The fraction of sp³-hybridized carbons (Fsp3) is 0.231. The summed E-state index contributed by atoms with van der Waals surface area (Å²) in [5, 5.41) is 14.8. The second-order valence-corrected chi connectivity index (χ2v) is 3.94. The lowest BCUT2D eigenvalue weighted by atomic mass is 10.2. The van der Waals surface area contributed by atoms with Crippen LogP contribution in [0.25, 0.3) is 0 Å². The Morgan fingerprint density at radius 3 is 2.58 bits per heavy atom. The topological polar surface area (TPSA) is 82.2 Å². The standard InChI is InChI=1S/C13H18N4O2/c1-16(12(14)10-13(18)17(2)19)15-9-8-11-6-4-3-5-7-11/h3-7,9-10,19H,8,14H2,1-2H3/b12-10+,15-9+. The van der Waals surface area contributed by atoms with Crippen molar-refractivity contribution >= 4 is 12.1 Å². The fourth-order valence-electron chi connectivity index (χ4n) is 1.26. The zero-order valence-corrected chi connectivity index (χ0v) is 11.0. The van der Waals surface area contributed by atoms with Crippen molar-refractivity contribution in [1.82, 2.24) is 10.1 Å². The van der Waals surface area contributed by atoms with Crippen molar-refractivity contribution in [2.24, 2.45) is 10.8 Å². The summed E-state index contributed by atoms with van der Waals surface area (Å²) in [6, 6.07) is 9.85. The molecule has 0 aliphatic heterocycles. The number of carbonyl (C=O) groups excluding carboxylic acids is 1. The lowest BCUT2D eigenvalue weighted by Gasteiger charge is -2.13. The SMILES string of the molecule is CN(O)C(=O)/C=C(\N)N(C)/N=C/Cc1ccccc1. The van der Waals surface area contributed by atoms with Crippen molar-refractivity contribution in [1.29, 1.82) is 0 Å². The van der Waals surface area contributed by atoms with Crippen molar-refractivity contribution in [3.63, 3.8) is 0 Å². The molecule has 0 aliphatic rings. The van der Waals surface area contributed by atoms with Crippen LogP contribution in [0.4, 0.5) is 0 Å². The number of amides is 1. The van der Waals surface area contributed by atoms with Gasteiger partial charge in [-0.3, -0.25) is 15.0 Å². The predicted molar refractivity (Wildman–Crippen MR) is 73.2 cm³/mol. The van der Waals surface area contributed by atoms with Gasteiger partial charge in [0.05, 0.1) is 0 Å². The quantitative estimate of drug-likeness (QED) is 0.356. The number of hydrogen-bond donors (Lipinski definition) is 2. The number of carbonyl (C=O) groups is 1. The first-order valence-corrected chi connectivity index (χ1v) is 5.74. The third-order valence-corrected chi connectivity index (χ3v) is 2.39. The number of likely N-dealkylation sites (N-methyl/N-ethyl adjacent to an activating group) is 1. The lowest BCUT2D eigenvalue weighted by molar-refractivity contribution is -0.153. The fourth-order valence-corrected chi connectivity index (χ4v) is 1.26. The Morgan fingerprint density at radius 1 is 1.37 bits per heavy atom. The minimum Gasteiger partial charge on any atom is -0.384 e. The van der Waals surface area contributed by atoms with Gasteiger partial charge in [-0.15, -0.1) is 0 Å². The van der Waals surface area contributed by atoms with E-state index >= 15 is 0 Å². The third kappa shape index (κ3) is 5.22. The lowest BCUT2D eigenvalue weighted by Crippen LogP contribution is -2.25. The highest BCUT2D eigenvalue weighted by Gasteiger charge is 2.04. The molecule has 0 saturated carbocycles. The highest BCUT2D eigenvalue weighted by molar-refractivity contribution is 5.86. The van der Waals surface area contributed by atoms with Crippen molar-refractivity contribution in [3.8, 4) is 0 Å². The van der Waals surface area contributed by atoms with E-state index in [0.29, 0.717) is 11.5 Å². The number of hydroxylamine groups is 2. The summed E-state index contributed by atoms with van der Waals surface area (Å²) in [6.45, 7) is 0. The smallest absolute Gasteiger partial charge is 0.273 e. The van der Waals surface area contributed by atoms with Crippen LogP contribution in [-0.4, -0.2) is 41.5 Å². The summed E-state index contributed by atoms with van der Waals surface area (Å²) in [5.41, 5.74) is 6.78. The van der Waals surface area contributed by atoms with Crippen LogP contribution in [0.5, 0.6) is 0 Å². The van der Waals surface area contributed by atoms with E-state index in [1.807, 2.05) is 30.3 Å². The highest BCUT2D eigenvalue weighted by Crippen LogP contribution is 1.99. The first kappa shape index (κ1) is 14.7. The highest BCUT2D eigenvalue weighted by atomic mass is 16.5. The normalized spacial score (nSPS) is 11.6. The minimum atomic E-state index is -0.609. The van der Waals surface area contributed by atoms with Crippen LogP contribution in [0.1, 0.15) is 5.56 Å². The van der Waals surface area contributed by atoms with E-state index in [0.717, 1.165) is 11.6 Å². The molecule has 1 aromatic rings. The number of benzene rings is 1. The third-order valence-electron chi connectivity index (χ3n) is 2.39. The molecule has 6 nitrogen and oxygen atoms in total. The summed E-state index contributed by atoms with van der Waals surface area (Å²) in [6.07, 6.45) is 3.47. The Kier molecular flexibility index (Phi) is 5.56. The van der Waals surface area contributed by atoms with Crippen molar-refractivity contribution in [2.45, 2.75) is 6.42 Å². The molecule has 0 saturated heterocycles. The van der Waals surface area contributed by atoms with E-state index in [4.69, 9.17) is 10.9 Å². The van der Waals surface area contributed by atoms with E-state index in [9.17, 15) is 4.79 Å². The van der Waals surface area contributed by atoms with E-state index in [1.165, 1.54) is 12.1 Å². The van der Waals surface area contributed by atoms with Crippen LogP contribution in [-0.2, 0) is 11.2 Å². The Morgan fingerprint density at radius 2 is 2.00 bits per heavy atom. The molecule has 0 atom stereocenters. The van der Waals surface area contributed by atoms with Crippen LogP contribution in [0.3, 0.4) is 0 Å². The van der Waals surface area contributed by atoms with Gasteiger partial charge in [0.25, 0.3) is 5.91 Å². The van der Waals surface area contributed by atoms with Gasteiger partial charge in [-0.05, 0) is 5.56 Å². The maximum atomic E-state index is 11.2. The predicted octanol–water partition coefficient (Wildman–Crippen LogP) is 0.794. The Bertz CT molecular complexity index is 469. The van der Waals surface area contributed by atoms with Crippen molar-refractivity contribution in [3.05, 3.63) is 47.8 Å². The van der Waals surface area contributed by atoms with Gasteiger partial charge in [0.15, 0.2) is 0 Å². The van der Waals surface area contributed by atoms with Crippen molar-refractivity contribution < 1.29 is 10.0 Å². The van der Waals surface area contributed by atoms with Crippen LogP contribution in [0.2, 0.25) is 0 Å².